The topological polar surface area (TPSA) is 14.3 Å². The van der Waals surface area contributed by atoms with Crippen molar-refractivity contribution in [3.8, 4) is 22.5 Å². The highest BCUT2D eigenvalue weighted by Gasteiger charge is 2.21. The molecule has 0 bridgehead atoms. The third-order valence-electron chi connectivity index (χ3n) is 11.2. The largest absolute Gasteiger partial charge is 0.309 e. The number of para-hydroxylation sites is 5. The SMILES string of the molecule is c1ccc(-n2c3ccccc3c3ccc(-c4cccc5c4c4ccccc4n5-c4ccc5c6cccc7c8ccccc8n(c5c4)c76)cc32)cc1. The summed E-state index contributed by atoms with van der Waals surface area (Å²) < 4.78 is 7.33. The van der Waals surface area contributed by atoms with Crippen LogP contribution < -0.4 is 0 Å². The molecule has 12 aromatic rings. The van der Waals surface area contributed by atoms with E-state index in [9.17, 15) is 0 Å². The van der Waals surface area contributed by atoms with E-state index in [0.717, 1.165) is 5.69 Å². The number of hydrogen-bond donors (Lipinski definition) is 0. The van der Waals surface area contributed by atoms with Gasteiger partial charge in [-0.25, -0.2) is 0 Å². The van der Waals surface area contributed by atoms with Gasteiger partial charge in [0.2, 0.25) is 0 Å². The number of benzene rings is 8. The summed E-state index contributed by atoms with van der Waals surface area (Å²) in [7, 11) is 0. The van der Waals surface area contributed by atoms with Crippen molar-refractivity contribution < 1.29 is 0 Å². The summed E-state index contributed by atoms with van der Waals surface area (Å²) in [6, 6.07) is 64.7. The molecule has 0 aliphatic carbocycles. The summed E-state index contributed by atoms with van der Waals surface area (Å²) in [4.78, 5) is 0. The van der Waals surface area contributed by atoms with Crippen molar-refractivity contribution >= 4 is 81.7 Å². The van der Waals surface area contributed by atoms with Gasteiger partial charge in [-0.1, -0.05) is 121 Å². The lowest BCUT2D eigenvalue weighted by atomic mass is 9.98. The van der Waals surface area contributed by atoms with E-state index >= 15 is 0 Å². The molecule has 236 valence electrons. The van der Waals surface area contributed by atoms with Crippen LogP contribution >= 0.6 is 0 Å². The first-order chi connectivity index (χ1) is 25.3. The molecule has 0 aliphatic rings. The van der Waals surface area contributed by atoms with Gasteiger partial charge >= 0.3 is 0 Å². The minimum atomic E-state index is 1.16. The zero-order valence-electron chi connectivity index (χ0n) is 27.6. The fourth-order valence-electron chi connectivity index (χ4n) is 9.09. The third-order valence-corrected chi connectivity index (χ3v) is 11.2. The van der Waals surface area contributed by atoms with Gasteiger partial charge < -0.3 is 13.5 Å². The molecule has 3 heteroatoms. The Morgan fingerprint density at radius 2 is 0.843 bits per heavy atom. The van der Waals surface area contributed by atoms with Gasteiger partial charge in [0.25, 0.3) is 0 Å². The van der Waals surface area contributed by atoms with Gasteiger partial charge in [0, 0.05) is 54.5 Å². The van der Waals surface area contributed by atoms with E-state index in [1.807, 2.05) is 0 Å². The van der Waals surface area contributed by atoms with Crippen molar-refractivity contribution in [3.05, 3.63) is 176 Å². The second kappa shape index (κ2) is 9.87. The lowest BCUT2D eigenvalue weighted by molar-refractivity contribution is 1.18. The van der Waals surface area contributed by atoms with Gasteiger partial charge in [-0.3, -0.25) is 0 Å². The minimum Gasteiger partial charge on any atom is -0.309 e. The zero-order chi connectivity index (χ0) is 33.2. The van der Waals surface area contributed by atoms with Gasteiger partial charge in [-0.15, -0.1) is 0 Å². The Bertz CT molecular complexity index is 3360. The minimum absolute atomic E-state index is 1.16. The van der Waals surface area contributed by atoms with Gasteiger partial charge in [0.05, 0.1) is 38.6 Å². The van der Waals surface area contributed by atoms with Crippen molar-refractivity contribution in [2.24, 2.45) is 0 Å². The molecule has 0 saturated carbocycles. The molecule has 4 aromatic heterocycles. The van der Waals surface area contributed by atoms with Gasteiger partial charge in [0.15, 0.2) is 0 Å². The number of hydrogen-bond acceptors (Lipinski definition) is 0. The average Bonchev–Trinajstić information content (AvgIpc) is 3.92. The van der Waals surface area contributed by atoms with Crippen LogP contribution in [0.2, 0.25) is 0 Å². The van der Waals surface area contributed by atoms with Crippen LogP contribution in [-0.4, -0.2) is 13.5 Å². The Morgan fingerprint density at radius 1 is 0.294 bits per heavy atom. The number of nitrogens with zero attached hydrogens (tertiary/aromatic N) is 3. The maximum Gasteiger partial charge on any atom is 0.0620 e. The first kappa shape index (κ1) is 27.0. The summed E-state index contributed by atoms with van der Waals surface area (Å²) in [5, 5.41) is 10.3. The molecular weight excluding hydrogens is 619 g/mol. The Balaban J connectivity index is 1.14. The predicted octanol–water partition coefficient (Wildman–Crippen LogP) is 12.7. The Hall–Kier alpha value is -6.84. The molecule has 0 spiro atoms. The summed E-state index contributed by atoms with van der Waals surface area (Å²) in [6.45, 7) is 0. The Labute approximate surface area is 292 Å². The van der Waals surface area contributed by atoms with Crippen LogP contribution in [0.4, 0.5) is 0 Å². The molecule has 0 saturated heterocycles. The molecule has 4 heterocycles. The number of fused-ring (bicyclic) bond motifs is 12. The molecule has 8 aromatic carbocycles. The van der Waals surface area contributed by atoms with Crippen molar-refractivity contribution in [2.75, 3.05) is 0 Å². The second-order valence-electron chi connectivity index (χ2n) is 13.7. The molecular formula is C48H29N3. The summed E-state index contributed by atoms with van der Waals surface area (Å²) in [5.74, 6) is 0. The van der Waals surface area contributed by atoms with Crippen molar-refractivity contribution in [1.82, 2.24) is 13.5 Å². The predicted molar refractivity (Wildman–Crippen MR) is 215 cm³/mol. The molecule has 12 rings (SSSR count). The lowest BCUT2D eigenvalue weighted by Crippen LogP contribution is -1.94. The first-order valence-electron chi connectivity index (χ1n) is 17.6. The van der Waals surface area contributed by atoms with E-state index < -0.39 is 0 Å². The fourth-order valence-corrected chi connectivity index (χ4v) is 9.09. The maximum atomic E-state index is 2.47. The van der Waals surface area contributed by atoms with E-state index in [1.54, 1.807) is 0 Å². The Morgan fingerprint density at radius 3 is 1.65 bits per heavy atom. The van der Waals surface area contributed by atoms with Crippen LogP contribution in [0.5, 0.6) is 0 Å². The van der Waals surface area contributed by atoms with Crippen LogP contribution in [0.15, 0.2) is 176 Å². The fraction of sp³-hybridized carbons (Fsp3) is 0. The van der Waals surface area contributed by atoms with Crippen LogP contribution in [0.1, 0.15) is 0 Å². The molecule has 0 radical (unpaired) electrons. The van der Waals surface area contributed by atoms with Crippen LogP contribution in [0.25, 0.3) is 104 Å². The normalized spacial score (nSPS) is 12.3. The number of aromatic nitrogens is 3. The maximum absolute atomic E-state index is 2.47. The van der Waals surface area contributed by atoms with E-state index in [1.165, 1.54) is 98.5 Å². The van der Waals surface area contributed by atoms with Crippen molar-refractivity contribution in [2.45, 2.75) is 0 Å². The first-order valence-corrected chi connectivity index (χ1v) is 17.6. The van der Waals surface area contributed by atoms with Gasteiger partial charge in [-0.2, -0.15) is 0 Å². The lowest BCUT2D eigenvalue weighted by Gasteiger charge is -2.11. The molecule has 0 unspecified atom stereocenters. The highest BCUT2D eigenvalue weighted by Crippen LogP contribution is 2.43. The second-order valence-corrected chi connectivity index (χ2v) is 13.7. The smallest absolute Gasteiger partial charge is 0.0620 e. The molecule has 3 nitrogen and oxygen atoms in total. The third kappa shape index (κ3) is 3.52. The molecule has 0 amide bonds. The van der Waals surface area contributed by atoms with Crippen LogP contribution in [0, 0.1) is 0 Å². The van der Waals surface area contributed by atoms with E-state index in [-0.39, 0.29) is 0 Å². The van der Waals surface area contributed by atoms with Crippen LogP contribution in [0.3, 0.4) is 0 Å². The van der Waals surface area contributed by atoms with Crippen molar-refractivity contribution in [1.29, 1.82) is 0 Å². The highest BCUT2D eigenvalue weighted by molar-refractivity contribution is 6.24. The highest BCUT2D eigenvalue weighted by atomic mass is 15.0. The van der Waals surface area contributed by atoms with Crippen LogP contribution in [-0.2, 0) is 0 Å². The zero-order valence-corrected chi connectivity index (χ0v) is 27.6. The summed E-state index contributed by atoms with van der Waals surface area (Å²) >= 11 is 0. The molecule has 0 aliphatic heterocycles. The molecule has 0 atom stereocenters. The van der Waals surface area contributed by atoms with E-state index in [4.69, 9.17) is 0 Å². The van der Waals surface area contributed by atoms with Gasteiger partial charge in [0.1, 0.15) is 0 Å². The average molecular weight is 648 g/mol. The number of rotatable bonds is 3. The van der Waals surface area contributed by atoms with Crippen molar-refractivity contribution in [3.63, 3.8) is 0 Å². The Kier molecular flexibility index (Phi) is 5.23. The molecule has 0 fully saturated rings. The molecule has 51 heavy (non-hydrogen) atoms. The monoisotopic (exact) mass is 647 g/mol. The van der Waals surface area contributed by atoms with E-state index in [2.05, 4.69) is 189 Å². The standard InChI is InChI=1S/C48H29N3/c1-2-12-31(13-3-1)49-41-20-7-4-14-34(41)36-26-24-30(28-45(36)49)33-17-11-23-44-47(33)40-16-6-9-22-43(40)50(44)32-25-27-37-39-19-10-18-38-35-15-5-8-21-42(35)51(48(38)39)46(37)29-32/h1-29H. The summed E-state index contributed by atoms with van der Waals surface area (Å²) in [5.41, 5.74) is 13.4. The quantitative estimate of drug-likeness (QED) is 0.181. The molecule has 0 N–H and O–H groups in total. The van der Waals surface area contributed by atoms with E-state index in [0.29, 0.717) is 0 Å². The summed E-state index contributed by atoms with van der Waals surface area (Å²) in [6.07, 6.45) is 0. The van der Waals surface area contributed by atoms with Gasteiger partial charge in [-0.05, 0) is 65.7 Å².